The van der Waals surface area contributed by atoms with Gasteiger partial charge in [-0.15, -0.1) is 41.9 Å². The summed E-state index contributed by atoms with van der Waals surface area (Å²) in [6, 6.07) is 10.4. The summed E-state index contributed by atoms with van der Waals surface area (Å²) in [5, 5.41) is 9.52. The van der Waals surface area contributed by atoms with E-state index in [4.69, 9.17) is 11.6 Å². The van der Waals surface area contributed by atoms with Gasteiger partial charge in [-0.1, -0.05) is 7.05 Å². The van der Waals surface area contributed by atoms with Gasteiger partial charge in [-0.05, 0) is 0 Å². The van der Waals surface area contributed by atoms with E-state index in [1.807, 2.05) is 12.1 Å². The second kappa shape index (κ2) is 6.52. The molecule has 4 heteroatoms. The minimum atomic E-state index is 0. The Hall–Kier alpha value is 0.0839. The van der Waals surface area contributed by atoms with Gasteiger partial charge in [-0.25, -0.2) is 0 Å². The molecule has 0 aliphatic carbocycles. The van der Waals surface area contributed by atoms with Crippen LogP contribution < -0.4 is 0 Å². The van der Waals surface area contributed by atoms with Gasteiger partial charge in [0.2, 0.25) is 0 Å². The van der Waals surface area contributed by atoms with Gasteiger partial charge in [-0.2, -0.15) is 11.4 Å². The van der Waals surface area contributed by atoms with Gasteiger partial charge in [0.05, 0.1) is 0 Å². The van der Waals surface area contributed by atoms with Crippen molar-refractivity contribution in [1.82, 2.24) is 4.90 Å². The Labute approximate surface area is 109 Å². The van der Waals surface area contributed by atoms with E-state index in [1.165, 1.54) is 4.90 Å². The third-order valence-corrected chi connectivity index (χ3v) is 1.85. The molecule has 0 atom stereocenters. The van der Waals surface area contributed by atoms with E-state index in [1.54, 1.807) is 19.2 Å². The summed E-state index contributed by atoms with van der Waals surface area (Å²) >= 11 is 5.53. The number of nitrogens with zero attached hydrogens (tertiary/aromatic N) is 2. The zero-order valence-corrected chi connectivity index (χ0v) is 11.0. The Kier molecular flexibility index (Phi) is 6.57. The van der Waals surface area contributed by atoms with E-state index in [0.717, 1.165) is 0 Å². The maximum atomic E-state index is 9.52. The minimum absolute atomic E-state index is 0. The van der Waals surface area contributed by atoms with Crippen molar-refractivity contribution in [3.05, 3.63) is 41.3 Å². The molecule has 67 valence electrons. The van der Waals surface area contributed by atoms with Crippen LogP contribution in [0.3, 0.4) is 0 Å². The molecule has 0 bridgehead atoms. The Morgan fingerprint density at radius 1 is 1.62 bits per heavy atom. The Morgan fingerprint density at radius 3 is 2.77 bits per heavy atom. The average molecular weight is 270 g/mol. The molecule has 0 saturated carbocycles. The normalized spacial score (nSPS) is 8.77. The van der Waals surface area contributed by atoms with Crippen LogP contribution in [0.5, 0.6) is 0 Å². The van der Waals surface area contributed by atoms with E-state index < -0.39 is 0 Å². The summed E-state index contributed by atoms with van der Waals surface area (Å²) in [6.45, 7) is 0. The molecule has 13 heavy (non-hydrogen) atoms. The quantitative estimate of drug-likeness (QED) is 0.265. The van der Waals surface area contributed by atoms with Gasteiger partial charge in [-0.3, -0.25) is 0 Å². The molecule has 0 amide bonds. The van der Waals surface area contributed by atoms with Crippen LogP contribution in [0.2, 0.25) is 0 Å². The van der Waals surface area contributed by atoms with Crippen molar-refractivity contribution in [2.24, 2.45) is 0 Å². The molecule has 0 fully saturated rings. The standard InChI is InChI=1S/C9H9ClN2.Y/c1-12(7-10)9(11)8-5-3-2-4-6-8;/h2-5H,7H2,1H3;/q-2;. The molecule has 0 unspecified atom stereocenters. The Bertz CT molecular complexity index is 264. The molecule has 0 N–H and O–H groups in total. The summed E-state index contributed by atoms with van der Waals surface area (Å²) < 4.78 is 0. The Morgan fingerprint density at radius 2 is 2.31 bits per heavy atom. The summed E-state index contributed by atoms with van der Waals surface area (Å²) in [5.41, 5.74) is 0.653. The smallest absolute Gasteiger partial charge is 0.0200 e. The number of halogens is 1. The minimum Gasteiger partial charge on any atom is -0.521 e. The molecule has 1 radical (unpaired) electrons. The summed E-state index contributed by atoms with van der Waals surface area (Å²) in [4.78, 5) is 1.54. The van der Waals surface area contributed by atoms with Gasteiger partial charge in [0.15, 0.2) is 0 Å². The SMILES string of the molecule is CN(CCl)C(=[N-])c1[c-]cccc1.[Y]. The third kappa shape index (κ3) is 3.76. The first-order valence-electron chi connectivity index (χ1n) is 3.56. The van der Waals surface area contributed by atoms with Crippen LogP contribution in [-0.4, -0.2) is 23.8 Å². The van der Waals surface area contributed by atoms with Crippen LogP contribution in [0.4, 0.5) is 0 Å². The number of hydrogen-bond donors (Lipinski definition) is 0. The first-order chi connectivity index (χ1) is 5.75. The molecule has 0 aliphatic rings. The zero-order valence-electron chi connectivity index (χ0n) is 7.37. The van der Waals surface area contributed by atoms with Gasteiger partial charge in [0.1, 0.15) is 0 Å². The van der Waals surface area contributed by atoms with Gasteiger partial charge < -0.3 is 10.3 Å². The molecule has 0 heterocycles. The fraction of sp³-hybridized carbons (Fsp3) is 0.222. The number of benzene rings is 1. The van der Waals surface area contributed by atoms with Crippen molar-refractivity contribution >= 4 is 17.4 Å². The molecule has 1 aromatic rings. The van der Waals surface area contributed by atoms with Crippen LogP contribution >= 0.6 is 11.6 Å². The van der Waals surface area contributed by atoms with Crippen molar-refractivity contribution in [3.8, 4) is 0 Å². The fourth-order valence-electron chi connectivity index (χ4n) is 0.795. The maximum Gasteiger partial charge on any atom is 0.0200 e. The van der Waals surface area contributed by atoms with Crippen molar-refractivity contribution in [2.75, 3.05) is 13.1 Å². The summed E-state index contributed by atoms with van der Waals surface area (Å²) in [7, 11) is 1.71. The predicted octanol–water partition coefficient (Wildman–Crippen LogP) is 1.93. The second-order valence-electron chi connectivity index (χ2n) is 2.42. The predicted molar refractivity (Wildman–Crippen MR) is 51.2 cm³/mol. The van der Waals surface area contributed by atoms with E-state index in [2.05, 4.69) is 6.07 Å². The summed E-state index contributed by atoms with van der Waals surface area (Å²) in [5.74, 6) is 0.144. The van der Waals surface area contributed by atoms with Gasteiger partial charge in [0, 0.05) is 38.7 Å². The van der Waals surface area contributed by atoms with Crippen molar-refractivity contribution in [3.63, 3.8) is 0 Å². The molecule has 1 rings (SSSR count). The van der Waals surface area contributed by atoms with Crippen LogP contribution in [0, 0.1) is 6.07 Å². The monoisotopic (exact) mass is 269 g/mol. The molecule has 0 aromatic heterocycles. The maximum absolute atomic E-state index is 9.52. The Balaban J connectivity index is 0.00000144. The number of hydrogen-bond acceptors (Lipinski definition) is 0. The van der Waals surface area contributed by atoms with Crippen molar-refractivity contribution in [1.29, 1.82) is 0 Å². The topological polar surface area (TPSA) is 25.5 Å². The third-order valence-electron chi connectivity index (χ3n) is 1.49. The second-order valence-corrected chi connectivity index (χ2v) is 2.66. The molecular formula is C9H9ClN2Y-2. The number of rotatable bonds is 2. The molecule has 0 saturated heterocycles. The van der Waals surface area contributed by atoms with E-state index in [-0.39, 0.29) is 44.5 Å². The average Bonchev–Trinajstić information content (AvgIpc) is 2.17. The first-order valence-corrected chi connectivity index (χ1v) is 4.09. The molecular weight excluding hydrogens is 260 g/mol. The van der Waals surface area contributed by atoms with Crippen molar-refractivity contribution in [2.45, 2.75) is 0 Å². The number of alkyl halides is 1. The van der Waals surface area contributed by atoms with E-state index in [0.29, 0.717) is 5.56 Å². The molecule has 0 aliphatic heterocycles. The molecule has 2 nitrogen and oxygen atoms in total. The van der Waals surface area contributed by atoms with Gasteiger partial charge >= 0.3 is 0 Å². The fourth-order valence-corrected chi connectivity index (χ4v) is 0.908. The molecule has 1 aromatic carbocycles. The van der Waals surface area contributed by atoms with Crippen LogP contribution in [0.25, 0.3) is 5.41 Å². The zero-order chi connectivity index (χ0) is 8.97. The largest absolute Gasteiger partial charge is 0.521 e. The first kappa shape index (κ1) is 13.1. The van der Waals surface area contributed by atoms with E-state index >= 15 is 0 Å². The van der Waals surface area contributed by atoms with Gasteiger partial charge in [0.25, 0.3) is 0 Å². The number of amidine groups is 1. The van der Waals surface area contributed by atoms with Crippen LogP contribution in [-0.2, 0) is 32.7 Å². The van der Waals surface area contributed by atoms with E-state index in [9.17, 15) is 5.41 Å². The van der Waals surface area contributed by atoms with Crippen LogP contribution in [0.15, 0.2) is 24.3 Å². The molecule has 0 spiro atoms. The van der Waals surface area contributed by atoms with Crippen molar-refractivity contribution < 1.29 is 32.7 Å². The summed E-state index contributed by atoms with van der Waals surface area (Å²) in [6.07, 6.45) is 0. The van der Waals surface area contributed by atoms with Crippen LogP contribution in [0.1, 0.15) is 5.56 Å².